The number of nitrogens with one attached hydrogen (secondary N) is 1. The molecule has 1 aromatic rings. The molecule has 0 spiro atoms. The van der Waals surface area contributed by atoms with Crippen molar-refractivity contribution in [1.82, 2.24) is 4.72 Å². The fourth-order valence-corrected chi connectivity index (χ4v) is 4.49. The molecule has 0 saturated carbocycles. The van der Waals surface area contributed by atoms with Crippen LogP contribution in [0.5, 0.6) is 0 Å². The average molecular weight is 309 g/mol. The van der Waals surface area contributed by atoms with Crippen molar-refractivity contribution >= 4 is 33.1 Å². The van der Waals surface area contributed by atoms with E-state index >= 15 is 0 Å². The van der Waals surface area contributed by atoms with Gasteiger partial charge in [-0.25, -0.2) is 13.1 Å². The van der Waals surface area contributed by atoms with Gasteiger partial charge in [-0.2, -0.15) is 11.8 Å². The number of unbranched alkanes of at least 4 members (excludes halogenated alkanes) is 1. The minimum Gasteiger partial charge on any atom is -0.391 e. The van der Waals surface area contributed by atoms with Gasteiger partial charge in [-0.05, 0) is 43.4 Å². The van der Waals surface area contributed by atoms with E-state index in [9.17, 15) is 8.42 Å². The van der Waals surface area contributed by atoms with Crippen LogP contribution in [0.15, 0.2) is 10.3 Å². The number of hydrogen-bond donors (Lipinski definition) is 2. The molecule has 0 unspecified atom stereocenters. The first-order valence-electron chi connectivity index (χ1n) is 5.70. The van der Waals surface area contributed by atoms with Gasteiger partial charge in [-0.1, -0.05) is 0 Å². The van der Waals surface area contributed by atoms with Crippen LogP contribution >= 0.6 is 23.1 Å². The molecule has 104 valence electrons. The van der Waals surface area contributed by atoms with Crippen LogP contribution in [-0.4, -0.2) is 32.1 Å². The maximum absolute atomic E-state index is 12.0. The van der Waals surface area contributed by atoms with E-state index < -0.39 is 10.0 Å². The summed E-state index contributed by atoms with van der Waals surface area (Å²) >= 11 is 2.89. The van der Waals surface area contributed by atoms with Crippen molar-refractivity contribution in [2.24, 2.45) is 0 Å². The minimum absolute atomic E-state index is 0.111. The molecule has 1 heterocycles. The molecule has 0 aromatic carbocycles. The van der Waals surface area contributed by atoms with Gasteiger partial charge in [0.2, 0.25) is 10.0 Å². The van der Waals surface area contributed by atoms with Gasteiger partial charge in [0, 0.05) is 11.4 Å². The highest BCUT2D eigenvalue weighted by Gasteiger charge is 2.17. The summed E-state index contributed by atoms with van der Waals surface area (Å²) in [5.41, 5.74) is 0.824. The van der Waals surface area contributed by atoms with E-state index in [-0.39, 0.29) is 10.8 Å². The lowest BCUT2D eigenvalue weighted by Gasteiger charge is -2.03. The fraction of sp³-hybridized carbons (Fsp3) is 0.636. The lowest BCUT2D eigenvalue weighted by molar-refractivity contribution is 0.285. The van der Waals surface area contributed by atoms with Gasteiger partial charge in [0.1, 0.15) is 4.21 Å². The smallest absolute Gasteiger partial charge is 0.250 e. The molecule has 0 aliphatic rings. The summed E-state index contributed by atoms with van der Waals surface area (Å²) < 4.78 is 26.8. The summed E-state index contributed by atoms with van der Waals surface area (Å²) in [5, 5.41) is 9.06. The Bertz CT molecular complexity index is 468. The molecule has 0 aliphatic heterocycles. The molecule has 7 heteroatoms. The highest BCUT2D eigenvalue weighted by molar-refractivity contribution is 7.98. The summed E-state index contributed by atoms with van der Waals surface area (Å²) in [5.74, 6) is 1.05. The van der Waals surface area contributed by atoms with Gasteiger partial charge in [0.15, 0.2) is 0 Å². The van der Waals surface area contributed by atoms with Crippen molar-refractivity contribution in [1.29, 1.82) is 0 Å². The topological polar surface area (TPSA) is 66.4 Å². The fourth-order valence-electron chi connectivity index (χ4n) is 1.43. The minimum atomic E-state index is -3.41. The molecule has 2 N–H and O–H groups in total. The number of aliphatic hydroxyl groups is 1. The standard InChI is InChI=1S/C11H19NO3S3/c1-9-7-11(17-10(9)8-13)18(14,15)12-5-3-4-6-16-2/h7,12-13H,3-6,8H2,1-2H3. The molecule has 0 bridgehead atoms. The molecular formula is C11H19NO3S3. The second-order valence-corrected chi connectivity index (χ2v) is 8.04. The predicted molar refractivity (Wildman–Crippen MR) is 77.8 cm³/mol. The summed E-state index contributed by atoms with van der Waals surface area (Å²) in [6.07, 6.45) is 3.89. The highest BCUT2D eigenvalue weighted by atomic mass is 32.2. The Labute approximate surface area is 117 Å². The summed E-state index contributed by atoms with van der Waals surface area (Å²) in [6.45, 7) is 2.16. The summed E-state index contributed by atoms with van der Waals surface area (Å²) in [4.78, 5) is 0.706. The average Bonchev–Trinajstić information content (AvgIpc) is 2.71. The van der Waals surface area contributed by atoms with E-state index in [4.69, 9.17) is 5.11 Å². The number of aryl methyl sites for hydroxylation is 1. The lowest BCUT2D eigenvalue weighted by Crippen LogP contribution is -2.24. The molecule has 0 saturated heterocycles. The Morgan fingerprint density at radius 3 is 2.72 bits per heavy atom. The molecule has 18 heavy (non-hydrogen) atoms. The van der Waals surface area contributed by atoms with Gasteiger partial charge in [0.25, 0.3) is 0 Å². The summed E-state index contributed by atoms with van der Waals surface area (Å²) in [6, 6.07) is 1.61. The molecule has 1 aromatic heterocycles. The molecule has 0 fully saturated rings. The zero-order valence-corrected chi connectivity index (χ0v) is 13.1. The molecular weight excluding hydrogens is 290 g/mol. The molecule has 1 rings (SSSR count). The molecule has 0 atom stereocenters. The second-order valence-electron chi connectivity index (χ2n) is 3.93. The van der Waals surface area contributed by atoms with Crippen molar-refractivity contribution in [3.8, 4) is 0 Å². The van der Waals surface area contributed by atoms with Gasteiger partial charge < -0.3 is 5.11 Å². The number of thiophene rings is 1. The van der Waals surface area contributed by atoms with E-state index in [1.165, 1.54) is 0 Å². The van der Waals surface area contributed by atoms with Crippen molar-refractivity contribution in [2.75, 3.05) is 18.6 Å². The van der Waals surface area contributed by atoms with E-state index in [2.05, 4.69) is 4.72 Å². The second kappa shape index (κ2) is 7.49. The largest absolute Gasteiger partial charge is 0.391 e. The van der Waals surface area contributed by atoms with Gasteiger partial charge in [-0.15, -0.1) is 11.3 Å². The highest BCUT2D eigenvalue weighted by Crippen LogP contribution is 2.25. The molecule has 0 amide bonds. The third-order valence-corrected chi connectivity index (χ3v) is 6.33. The number of aliphatic hydroxyl groups excluding tert-OH is 1. The molecule has 0 aliphatic carbocycles. The van der Waals surface area contributed by atoms with E-state index in [0.29, 0.717) is 11.4 Å². The van der Waals surface area contributed by atoms with Crippen LogP contribution in [0, 0.1) is 6.92 Å². The van der Waals surface area contributed by atoms with Crippen LogP contribution in [0.3, 0.4) is 0 Å². The Hall–Kier alpha value is -0.0800. The van der Waals surface area contributed by atoms with Crippen molar-refractivity contribution < 1.29 is 13.5 Å². The first kappa shape index (κ1) is 16.0. The number of sulfonamides is 1. The van der Waals surface area contributed by atoms with Gasteiger partial charge in [-0.3, -0.25) is 0 Å². The Morgan fingerprint density at radius 1 is 1.44 bits per heavy atom. The number of rotatable bonds is 8. The first-order valence-corrected chi connectivity index (χ1v) is 9.39. The maximum atomic E-state index is 12.0. The zero-order valence-electron chi connectivity index (χ0n) is 10.6. The zero-order chi connectivity index (χ0) is 13.6. The third-order valence-electron chi connectivity index (χ3n) is 2.47. The molecule has 4 nitrogen and oxygen atoms in total. The monoisotopic (exact) mass is 309 g/mol. The number of hydrogen-bond acceptors (Lipinski definition) is 5. The maximum Gasteiger partial charge on any atom is 0.250 e. The van der Waals surface area contributed by atoms with E-state index in [1.54, 1.807) is 24.8 Å². The molecule has 0 radical (unpaired) electrons. The van der Waals surface area contributed by atoms with Crippen molar-refractivity contribution in [2.45, 2.75) is 30.6 Å². The first-order chi connectivity index (χ1) is 8.51. The normalized spacial score (nSPS) is 11.9. The van der Waals surface area contributed by atoms with Crippen LogP contribution in [0.1, 0.15) is 23.3 Å². The summed E-state index contributed by atoms with van der Waals surface area (Å²) in [7, 11) is -3.41. The predicted octanol–water partition coefficient (Wildman–Crippen LogP) is 1.97. The van der Waals surface area contributed by atoms with Crippen LogP contribution in [0.4, 0.5) is 0 Å². The van der Waals surface area contributed by atoms with E-state index in [0.717, 1.165) is 35.5 Å². The van der Waals surface area contributed by atoms with Crippen LogP contribution in [0.25, 0.3) is 0 Å². The van der Waals surface area contributed by atoms with Crippen molar-refractivity contribution in [3.63, 3.8) is 0 Å². The Morgan fingerprint density at radius 2 is 2.17 bits per heavy atom. The van der Waals surface area contributed by atoms with Crippen LogP contribution < -0.4 is 4.72 Å². The third kappa shape index (κ3) is 4.55. The SMILES string of the molecule is CSCCCCNS(=O)(=O)c1cc(C)c(CO)s1. The van der Waals surface area contributed by atoms with E-state index in [1.807, 2.05) is 6.26 Å². The quantitative estimate of drug-likeness (QED) is 0.721. The Kier molecular flexibility index (Phi) is 6.65. The number of thioether (sulfide) groups is 1. The van der Waals surface area contributed by atoms with Crippen LogP contribution in [-0.2, 0) is 16.6 Å². The lowest BCUT2D eigenvalue weighted by atomic mass is 10.3. The van der Waals surface area contributed by atoms with Gasteiger partial charge in [0.05, 0.1) is 6.61 Å². The van der Waals surface area contributed by atoms with Crippen molar-refractivity contribution in [3.05, 3.63) is 16.5 Å². The Balaban J connectivity index is 2.57. The van der Waals surface area contributed by atoms with Crippen LogP contribution in [0.2, 0.25) is 0 Å². The van der Waals surface area contributed by atoms with Gasteiger partial charge >= 0.3 is 0 Å².